The van der Waals surface area contributed by atoms with Gasteiger partial charge in [-0.05, 0) is 17.0 Å². The predicted molar refractivity (Wildman–Crippen MR) is 81.9 cm³/mol. The molecule has 94 valence electrons. The molecule has 0 spiro atoms. The third-order valence-corrected chi connectivity index (χ3v) is 4.28. The van der Waals surface area contributed by atoms with Gasteiger partial charge < -0.3 is 0 Å². The molecule has 1 nitrogen and oxygen atoms in total. The number of hydrogen-bond acceptors (Lipinski definition) is 2. The van der Waals surface area contributed by atoms with Crippen LogP contribution in [-0.4, -0.2) is 5.78 Å². The zero-order valence-corrected chi connectivity index (χ0v) is 11.5. The average Bonchev–Trinajstić information content (AvgIpc) is 2.90. The molecule has 0 unspecified atom stereocenters. The van der Waals surface area contributed by atoms with Crippen LogP contribution in [0.4, 0.5) is 0 Å². The summed E-state index contributed by atoms with van der Waals surface area (Å²) in [6, 6.07) is 16.2. The van der Waals surface area contributed by atoms with Crippen molar-refractivity contribution in [3.63, 3.8) is 0 Å². The number of thiophene rings is 1. The lowest BCUT2D eigenvalue weighted by Gasteiger charge is -2.07. The first kappa shape index (κ1) is 12.1. The Morgan fingerprint density at radius 1 is 1.00 bits per heavy atom. The molecule has 19 heavy (non-hydrogen) atoms. The van der Waals surface area contributed by atoms with Gasteiger partial charge in [-0.15, -0.1) is 11.3 Å². The van der Waals surface area contributed by atoms with Crippen molar-refractivity contribution in [3.05, 3.63) is 59.5 Å². The second-order valence-electron chi connectivity index (χ2n) is 4.47. The predicted octanol–water partition coefficient (Wildman–Crippen LogP) is 5.16. The van der Waals surface area contributed by atoms with Crippen LogP contribution in [0.5, 0.6) is 0 Å². The molecular weight excluding hydrogens is 252 g/mol. The Hall–Kier alpha value is -1.93. The molecule has 3 rings (SSSR count). The van der Waals surface area contributed by atoms with Crippen LogP contribution >= 0.6 is 11.3 Å². The number of hydrogen-bond donors (Lipinski definition) is 0. The van der Waals surface area contributed by atoms with Crippen LogP contribution in [0.1, 0.15) is 23.7 Å². The third-order valence-electron chi connectivity index (χ3n) is 3.32. The summed E-state index contributed by atoms with van der Waals surface area (Å²) in [6.45, 7) is 1.91. The van der Waals surface area contributed by atoms with Crippen molar-refractivity contribution in [2.45, 2.75) is 13.3 Å². The van der Waals surface area contributed by atoms with Gasteiger partial charge in [0.2, 0.25) is 0 Å². The number of fused-ring (bicyclic) bond motifs is 1. The molecular formula is C17H14OS. The van der Waals surface area contributed by atoms with Gasteiger partial charge in [-0.25, -0.2) is 0 Å². The summed E-state index contributed by atoms with van der Waals surface area (Å²) in [6.07, 6.45) is 0.541. The summed E-state index contributed by atoms with van der Waals surface area (Å²) in [5, 5.41) is 3.37. The zero-order valence-electron chi connectivity index (χ0n) is 10.7. The second kappa shape index (κ2) is 4.98. The van der Waals surface area contributed by atoms with E-state index in [0.29, 0.717) is 6.42 Å². The number of ketones is 1. The van der Waals surface area contributed by atoms with Crippen LogP contribution < -0.4 is 0 Å². The minimum atomic E-state index is 0.200. The van der Waals surface area contributed by atoms with Crippen molar-refractivity contribution < 1.29 is 4.79 Å². The van der Waals surface area contributed by atoms with Gasteiger partial charge in [0.25, 0.3) is 0 Å². The first-order valence-electron chi connectivity index (χ1n) is 6.40. The summed E-state index contributed by atoms with van der Waals surface area (Å²) in [4.78, 5) is 12.1. The summed E-state index contributed by atoms with van der Waals surface area (Å²) in [7, 11) is 0. The van der Waals surface area contributed by atoms with Crippen LogP contribution in [0.3, 0.4) is 0 Å². The number of rotatable bonds is 3. The maximum absolute atomic E-state index is 12.1. The molecule has 0 atom stereocenters. The van der Waals surface area contributed by atoms with Crippen molar-refractivity contribution in [3.8, 4) is 11.1 Å². The first-order chi connectivity index (χ1) is 9.31. The molecule has 0 fully saturated rings. The standard InChI is InChI=1S/C17H14OS/c1-2-16(18)13-8-4-3-7-12(13)15-11-19-17-10-6-5-9-14(15)17/h3-11H,2H2,1H3. The lowest BCUT2D eigenvalue weighted by atomic mass is 9.96. The highest BCUT2D eigenvalue weighted by Crippen LogP contribution is 2.35. The Labute approximate surface area is 116 Å². The van der Waals surface area contributed by atoms with E-state index < -0.39 is 0 Å². The quantitative estimate of drug-likeness (QED) is 0.598. The van der Waals surface area contributed by atoms with Crippen molar-refractivity contribution in [1.29, 1.82) is 0 Å². The van der Waals surface area contributed by atoms with Gasteiger partial charge in [0.15, 0.2) is 5.78 Å². The molecule has 0 aliphatic heterocycles. The average molecular weight is 266 g/mol. The Bertz CT molecular complexity index is 740. The van der Waals surface area contributed by atoms with E-state index in [0.717, 1.165) is 16.7 Å². The lowest BCUT2D eigenvalue weighted by molar-refractivity contribution is 0.0989. The van der Waals surface area contributed by atoms with E-state index >= 15 is 0 Å². The van der Waals surface area contributed by atoms with Crippen LogP contribution in [0.15, 0.2) is 53.9 Å². The molecule has 0 bridgehead atoms. The van der Waals surface area contributed by atoms with Gasteiger partial charge in [0.1, 0.15) is 0 Å². The largest absolute Gasteiger partial charge is 0.294 e. The zero-order chi connectivity index (χ0) is 13.2. The van der Waals surface area contributed by atoms with Gasteiger partial charge in [-0.1, -0.05) is 49.4 Å². The van der Waals surface area contributed by atoms with Gasteiger partial charge in [-0.3, -0.25) is 4.79 Å². The van der Waals surface area contributed by atoms with E-state index in [1.807, 2.05) is 43.3 Å². The smallest absolute Gasteiger partial charge is 0.163 e. The molecule has 0 amide bonds. The first-order valence-corrected chi connectivity index (χ1v) is 7.28. The number of carbonyl (C=O) groups excluding carboxylic acids is 1. The van der Waals surface area contributed by atoms with Crippen molar-refractivity contribution in [2.24, 2.45) is 0 Å². The van der Waals surface area contributed by atoms with E-state index in [9.17, 15) is 4.79 Å². The fourth-order valence-electron chi connectivity index (χ4n) is 2.34. The van der Waals surface area contributed by atoms with Crippen LogP contribution in [-0.2, 0) is 0 Å². The fraction of sp³-hybridized carbons (Fsp3) is 0.118. The van der Waals surface area contributed by atoms with Crippen molar-refractivity contribution in [2.75, 3.05) is 0 Å². The molecule has 2 heteroatoms. The SMILES string of the molecule is CCC(=O)c1ccccc1-c1csc2ccccc12. The Morgan fingerprint density at radius 2 is 1.74 bits per heavy atom. The van der Waals surface area contributed by atoms with Gasteiger partial charge in [-0.2, -0.15) is 0 Å². The number of carbonyl (C=O) groups is 1. The van der Waals surface area contributed by atoms with E-state index in [1.54, 1.807) is 11.3 Å². The molecule has 1 aromatic heterocycles. The summed E-state index contributed by atoms with van der Waals surface area (Å²) in [5.41, 5.74) is 3.04. The normalized spacial score (nSPS) is 10.8. The Balaban J connectivity index is 2.25. The maximum atomic E-state index is 12.1. The van der Waals surface area contributed by atoms with E-state index in [-0.39, 0.29) is 5.78 Å². The highest BCUT2D eigenvalue weighted by atomic mass is 32.1. The van der Waals surface area contributed by atoms with Crippen molar-refractivity contribution >= 4 is 27.2 Å². The van der Waals surface area contributed by atoms with Gasteiger partial charge in [0, 0.05) is 27.6 Å². The van der Waals surface area contributed by atoms with E-state index in [2.05, 4.69) is 17.5 Å². The Morgan fingerprint density at radius 3 is 2.58 bits per heavy atom. The van der Waals surface area contributed by atoms with Crippen molar-refractivity contribution in [1.82, 2.24) is 0 Å². The Kier molecular flexibility index (Phi) is 3.18. The van der Waals surface area contributed by atoms with E-state index in [4.69, 9.17) is 0 Å². The van der Waals surface area contributed by atoms with Crippen LogP contribution in [0.25, 0.3) is 21.2 Å². The lowest BCUT2D eigenvalue weighted by Crippen LogP contribution is -1.98. The monoisotopic (exact) mass is 266 g/mol. The summed E-state index contributed by atoms with van der Waals surface area (Å²) in [5.74, 6) is 0.200. The number of Topliss-reactive ketones (excluding diaryl/α,β-unsaturated/α-hetero) is 1. The highest BCUT2D eigenvalue weighted by Gasteiger charge is 2.13. The van der Waals surface area contributed by atoms with Gasteiger partial charge in [0.05, 0.1) is 0 Å². The second-order valence-corrected chi connectivity index (χ2v) is 5.38. The minimum Gasteiger partial charge on any atom is -0.294 e. The summed E-state index contributed by atoms with van der Waals surface area (Å²) >= 11 is 1.73. The molecule has 0 saturated carbocycles. The molecule has 3 aromatic rings. The molecule has 0 aliphatic rings. The summed E-state index contributed by atoms with van der Waals surface area (Å²) < 4.78 is 1.26. The molecule has 0 saturated heterocycles. The molecule has 0 N–H and O–H groups in total. The molecule has 1 heterocycles. The fourth-order valence-corrected chi connectivity index (χ4v) is 3.30. The minimum absolute atomic E-state index is 0.200. The van der Waals surface area contributed by atoms with Crippen LogP contribution in [0, 0.1) is 0 Å². The van der Waals surface area contributed by atoms with E-state index in [1.165, 1.54) is 10.1 Å². The number of benzene rings is 2. The molecule has 0 aliphatic carbocycles. The highest BCUT2D eigenvalue weighted by molar-refractivity contribution is 7.17. The van der Waals surface area contributed by atoms with Crippen LogP contribution in [0.2, 0.25) is 0 Å². The molecule has 2 aromatic carbocycles. The van der Waals surface area contributed by atoms with Gasteiger partial charge >= 0.3 is 0 Å². The molecule has 0 radical (unpaired) electrons. The topological polar surface area (TPSA) is 17.1 Å². The maximum Gasteiger partial charge on any atom is 0.163 e. The third kappa shape index (κ3) is 2.08.